The third-order valence-electron chi connectivity index (χ3n) is 3.07. The van der Waals surface area contributed by atoms with Crippen molar-refractivity contribution >= 4 is 16.6 Å². The van der Waals surface area contributed by atoms with Crippen molar-refractivity contribution in [3.8, 4) is 11.5 Å². The minimum atomic E-state index is 0.149. The molecule has 86 valence electrons. The number of ether oxygens (including phenoxy) is 2. The maximum atomic E-state index is 11.8. The number of methoxy groups -OCH3 is 1. The number of rotatable bonds is 1. The standard InChI is InChI=1S/C14H12O3/c1-16-13-4-2-3-10-9(13)5-6-11-12(15)7-8-17-14(10)11/h2-6H,7-8H2,1H3. The van der Waals surface area contributed by atoms with Gasteiger partial charge in [0.25, 0.3) is 0 Å². The van der Waals surface area contributed by atoms with Crippen LogP contribution in [0.1, 0.15) is 16.8 Å². The fraction of sp³-hybridized carbons (Fsp3) is 0.214. The minimum Gasteiger partial charge on any atom is -0.496 e. The first-order chi connectivity index (χ1) is 8.31. The number of carbonyl (C=O) groups excluding carboxylic acids is 1. The summed E-state index contributed by atoms with van der Waals surface area (Å²) in [6.45, 7) is 0.460. The van der Waals surface area contributed by atoms with Crippen molar-refractivity contribution in [3.05, 3.63) is 35.9 Å². The molecule has 0 unspecified atom stereocenters. The third-order valence-corrected chi connectivity index (χ3v) is 3.07. The van der Waals surface area contributed by atoms with Gasteiger partial charge in [0.2, 0.25) is 0 Å². The molecular formula is C14H12O3. The Labute approximate surface area is 99.0 Å². The predicted octanol–water partition coefficient (Wildman–Crippen LogP) is 2.81. The van der Waals surface area contributed by atoms with Crippen molar-refractivity contribution in [1.29, 1.82) is 0 Å². The van der Waals surface area contributed by atoms with Crippen LogP contribution in [0.25, 0.3) is 10.8 Å². The van der Waals surface area contributed by atoms with Crippen LogP contribution in [0.4, 0.5) is 0 Å². The van der Waals surface area contributed by atoms with Crippen LogP contribution >= 0.6 is 0 Å². The van der Waals surface area contributed by atoms with Crippen molar-refractivity contribution in [2.24, 2.45) is 0 Å². The first kappa shape index (κ1) is 10.1. The SMILES string of the molecule is COc1cccc2c3c(ccc12)C(=O)CCO3. The summed E-state index contributed by atoms with van der Waals surface area (Å²) in [5.74, 6) is 1.64. The summed E-state index contributed by atoms with van der Waals surface area (Å²) in [4.78, 5) is 11.8. The molecule has 0 aliphatic carbocycles. The van der Waals surface area contributed by atoms with Gasteiger partial charge in [0.1, 0.15) is 11.5 Å². The van der Waals surface area contributed by atoms with Gasteiger partial charge in [0.15, 0.2) is 5.78 Å². The molecule has 0 radical (unpaired) electrons. The van der Waals surface area contributed by atoms with Gasteiger partial charge in [-0.25, -0.2) is 0 Å². The summed E-state index contributed by atoms with van der Waals surface area (Å²) in [5, 5.41) is 1.92. The Morgan fingerprint density at radius 1 is 1.18 bits per heavy atom. The molecule has 0 aromatic heterocycles. The minimum absolute atomic E-state index is 0.149. The lowest BCUT2D eigenvalue weighted by Gasteiger charge is -2.18. The highest BCUT2D eigenvalue weighted by Crippen LogP contribution is 2.37. The van der Waals surface area contributed by atoms with E-state index >= 15 is 0 Å². The molecular weight excluding hydrogens is 216 g/mol. The molecule has 3 rings (SSSR count). The summed E-state index contributed by atoms with van der Waals surface area (Å²) >= 11 is 0. The van der Waals surface area contributed by atoms with E-state index in [-0.39, 0.29) is 5.78 Å². The van der Waals surface area contributed by atoms with Crippen LogP contribution in [0, 0.1) is 0 Å². The van der Waals surface area contributed by atoms with E-state index in [1.165, 1.54) is 0 Å². The molecule has 2 aromatic carbocycles. The number of benzene rings is 2. The van der Waals surface area contributed by atoms with Gasteiger partial charge in [0, 0.05) is 17.2 Å². The number of fused-ring (bicyclic) bond motifs is 3. The van der Waals surface area contributed by atoms with E-state index in [9.17, 15) is 4.79 Å². The number of ketones is 1. The summed E-state index contributed by atoms with van der Waals surface area (Å²) in [7, 11) is 1.64. The van der Waals surface area contributed by atoms with E-state index in [1.807, 2.05) is 30.3 Å². The van der Waals surface area contributed by atoms with Gasteiger partial charge in [-0.05, 0) is 18.2 Å². The van der Waals surface area contributed by atoms with Crippen molar-refractivity contribution < 1.29 is 14.3 Å². The van der Waals surface area contributed by atoms with Crippen molar-refractivity contribution in [1.82, 2.24) is 0 Å². The smallest absolute Gasteiger partial charge is 0.170 e. The summed E-state index contributed by atoms with van der Waals surface area (Å²) in [5.41, 5.74) is 0.678. The second-order valence-electron chi connectivity index (χ2n) is 4.02. The number of hydrogen-bond acceptors (Lipinski definition) is 3. The van der Waals surface area contributed by atoms with Crippen LogP contribution in [-0.2, 0) is 0 Å². The zero-order valence-electron chi connectivity index (χ0n) is 9.53. The summed E-state index contributed by atoms with van der Waals surface area (Å²) in [6.07, 6.45) is 0.461. The monoisotopic (exact) mass is 228 g/mol. The third kappa shape index (κ3) is 1.46. The Balaban J connectivity index is 2.35. The van der Waals surface area contributed by atoms with Crippen molar-refractivity contribution in [2.45, 2.75) is 6.42 Å². The molecule has 0 spiro atoms. The van der Waals surface area contributed by atoms with Crippen LogP contribution in [0.2, 0.25) is 0 Å². The largest absolute Gasteiger partial charge is 0.496 e. The molecule has 0 amide bonds. The molecule has 0 fully saturated rings. The van der Waals surface area contributed by atoms with Crippen LogP contribution in [-0.4, -0.2) is 19.5 Å². The fourth-order valence-electron chi connectivity index (χ4n) is 2.23. The summed E-state index contributed by atoms with van der Waals surface area (Å²) in [6, 6.07) is 9.50. The van der Waals surface area contributed by atoms with Crippen LogP contribution in [0.5, 0.6) is 11.5 Å². The molecule has 0 N–H and O–H groups in total. The highest BCUT2D eigenvalue weighted by molar-refractivity contribution is 6.06. The zero-order chi connectivity index (χ0) is 11.8. The molecule has 3 heteroatoms. The van der Waals surface area contributed by atoms with E-state index in [0.29, 0.717) is 24.3 Å². The predicted molar refractivity (Wildman–Crippen MR) is 64.9 cm³/mol. The second kappa shape index (κ2) is 3.77. The topological polar surface area (TPSA) is 35.5 Å². The Morgan fingerprint density at radius 2 is 2.06 bits per heavy atom. The highest BCUT2D eigenvalue weighted by atomic mass is 16.5. The lowest BCUT2D eigenvalue weighted by molar-refractivity contribution is 0.0935. The number of carbonyl (C=O) groups is 1. The quantitative estimate of drug-likeness (QED) is 0.752. The van der Waals surface area contributed by atoms with Gasteiger partial charge in [-0.1, -0.05) is 12.1 Å². The van der Waals surface area contributed by atoms with Gasteiger partial charge < -0.3 is 9.47 Å². The first-order valence-corrected chi connectivity index (χ1v) is 5.57. The van der Waals surface area contributed by atoms with Gasteiger partial charge >= 0.3 is 0 Å². The van der Waals surface area contributed by atoms with Crippen molar-refractivity contribution in [2.75, 3.05) is 13.7 Å². The fourth-order valence-corrected chi connectivity index (χ4v) is 2.23. The normalized spacial score (nSPS) is 14.3. The van der Waals surface area contributed by atoms with E-state index in [1.54, 1.807) is 7.11 Å². The highest BCUT2D eigenvalue weighted by Gasteiger charge is 2.21. The maximum Gasteiger partial charge on any atom is 0.170 e. The number of hydrogen-bond donors (Lipinski definition) is 0. The Hall–Kier alpha value is -2.03. The van der Waals surface area contributed by atoms with Gasteiger partial charge in [-0.2, -0.15) is 0 Å². The average molecular weight is 228 g/mol. The Morgan fingerprint density at radius 3 is 2.88 bits per heavy atom. The molecule has 17 heavy (non-hydrogen) atoms. The van der Waals surface area contributed by atoms with E-state index in [0.717, 1.165) is 16.5 Å². The lowest BCUT2D eigenvalue weighted by Crippen LogP contribution is -2.15. The first-order valence-electron chi connectivity index (χ1n) is 5.57. The molecule has 2 aromatic rings. The molecule has 3 nitrogen and oxygen atoms in total. The average Bonchev–Trinajstić information content (AvgIpc) is 2.38. The second-order valence-corrected chi connectivity index (χ2v) is 4.02. The maximum absolute atomic E-state index is 11.8. The molecule has 0 saturated carbocycles. The van der Waals surface area contributed by atoms with E-state index in [4.69, 9.17) is 9.47 Å². The van der Waals surface area contributed by atoms with Gasteiger partial charge in [0.05, 0.1) is 19.3 Å². The lowest BCUT2D eigenvalue weighted by atomic mass is 9.99. The molecule has 1 heterocycles. The molecule has 1 aliphatic rings. The van der Waals surface area contributed by atoms with E-state index < -0.39 is 0 Å². The molecule has 0 saturated heterocycles. The molecule has 0 bridgehead atoms. The van der Waals surface area contributed by atoms with Gasteiger partial charge in [-0.15, -0.1) is 0 Å². The molecule has 0 atom stereocenters. The van der Waals surface area contributed by atoms with Crippen LogP contribution in [0.3, 0.4) is 0 Å². The Kier molecular flexibility index (Phi) is 2.25. The van der Waals surface area contributed by atoms with Crippen LogP contribution < -0.4 is 9.47 Å². The van der Waals surface area contributed by atoms with Crippen molar-refractivity contribution in [3.63, 3.8) is 0 Å². The summed E-state index contributed by atoms with van der Waals surface area (Å²) < 4.78 is 10.9. The number of Topliss-reactive ketones (excluding diaryl/α,β-unsaturated/α-hetero) is 1. The zero-order valence-corrected chi connectivity index (χ0v) is 9.53. The van der Waals surface area contributed by atoms with Crippen LogP contribution in [0.15, 0.2) is 30.3 Å². The molecule has 1 aliphatic heterocycles. The van der Waals surface area contributed by atoms with E-state index in [2.05, 4.69) is 0 Å². The van der Waals surface area contributed by atoms with Gasteiger partial charge in [-0.3, -0.25) is 4.79 Å². The Bertz CT molecular complexity index is 602.